The number of hydrogen-bond acceptors (Lipinski definition) is 7. The van der Waals surface area contributed by atoms with Gasteiger partial charge in [-0.3, -0.25) is 0 Å². The highest BCUT2D eigenvalue weighted by atomic mass is 16.5. The normalized spacial score (nSPS) is 17.9. The van der Waals surface area contributed by atoms with E-state index in [1.165, 1.54) is 12.8 Å². The van der Waals surface area contributed by atoms with Gasteiger partial charge >= 0.3 is 0 Å². The molecule has 1 aromatic heterocycles. The maximum atomic E-state index is 9.92. The van der Waals surface area contributed by atoms with E-state index >= 15 is 0 Å². The van der Waals surface area contributed by atoms with E-state index in [0.717, 1.165) is 48.2 Å². The zero-order valence-electron chi connectivity index (χ0n) is 19.1. The molecule has 178 valence electrons. The van der Waals surface area contributed by atoms with E-state index in [1.54, 1.807) is 19.2 Å². The minimum atomic E-state index is 0. The van der Waals surface area contributed by atoms with Crippen LogP contribution in [0.3, 0.4) is 0 Å². The number of nitrogens with zero attached hydrogens (tertiary/aromatic N) is 3. The summed E-state index contributed by atoms with van der Waals surface area (Å²) >= 11 is 0. The topological polar surface area (TPSA) is 82.5 Å². The monoisotopic (exact) mass is 451 g/mol. The first-order valence-corrected chi connectivity index (χ1v) is 11.3. The Morgan fingerprint density at radius 3 is 2.52 bits per heavy atom. The number of nitrogens with one attached hydrogen (secondary N) is 2. The van der Waals surface area contributed by atoms with Crippen LogP contribution in [0.15, 0.2) is 42.5 Å². The zero-order chi connectivity index (χ0) is 22.5. The van der Waals surface area contributed by atoms with Crippen LogP contribution >= 0.6 is 0 Å². The average Bonchev–Trinajstić information content (AvgIpc) is 2.80. The van der Waals surface area contributed by atoms with Crippen LogP contribution in [-0.2, 0) is 6.54 Å². The van der Waals surface area contributed by atoms with Gasteiger partial charge in [0.05, 0.1) is 12.6 Å². The molecule has 0 radical (unpaired) electrons. The van der Waals surface area contributed by atoms with Gasteiger partial charge in [0.1, 0.15) is 5.82 Å². The Hall–Kier alpha value is -3.06. The van der Waals surface area contributed by atoms with Crippen LogP contribution in [0, 0.1) is 5.92 Å². The van der Waals surface area contributed by atoms with Crippen molar-refractivity contribution in [3.63, 3.8) is 0 Å². The number of fused-ring (bicyclic) bond motifs is 1. The zero-order valence-corrected chi connectivity index (χ0v) is 19.1. The van der Waals surface area contributed by atoms with Gasteiger partial charge in [-0.2, -0.15) is 4.98 Å². The molecule has 0 amide bonds. The smallest absolute Gasteiger partial charge is 0.225 e. The Morgan fingerprint density at radius 2 is 1.82 bits per heavy atom. The van der Waals surface area contributed by atoms with E-state index in [9.17, 15) is 5.11 Å². The van der Waals surface area contributed by atoms with Crippen molar-refractivity contribution >= 4 is 22.7 Å². The fourth-order valence-corrected chi connectivity index (χ4v) is 4.42. The molecule has 1 aliphatic rings. The number of para-hydroxylation sites is 1. The lowest BCUT2D eigenvalue weighted by molar-refractivity contribution is 0.323. The summed E-state index contributed by atoms with van der Waals surface area (Å²) in [5, 5.41) is 18.1. The number of aromatic nitrogens is 2. The van der Waals surface area contributed by atoms with Gasteiger partial charge in [0, 0.05) is 32.1 Å². The third-order valence-corrected chi connectivity index (χ3v) is 6.19. The number of anilines is 2. The molecule has 1 fully saturated rings. The molecule has 3 N–H and O–H groups in total. The van der Waals surface area contributed by atoms with Crippen molar-refractivity contribution < 1.29 is 9.84 Å². The molecule has 4 rings (SSSR count). The maximum absolute atomic E-state index is 9.92. The van der Waals surface area contributed by atoms with Crippen LogP contribution < -0.4 is 20.3 Å². The Labute approximate surface area is 197 Å². The summed E-state index contributed by atoms with van der Waals surface area (Å²) in [6.45, 7) is 1.73. The molecule has 7 heteroatoms. The SMILES string of the molecule is C.COc1ccc(CNCC2CCC(Nc3nc(N(C)C)c4ccccc4n3)CC2)cc1O. The number of phenols is 1. The lowest BCUT2D eigenvalue weighted by Crippen LogP contribution is -2.31. The fraction of sp³-hybridized carbons (Fsp3) is 0.462. The molecule has 7 nitrogen and oxygen atoms in total. The number of aromatic hydroxyl groups is 1. The molecule has 0 aliphatic heterocycles. The number of benzene rings is 2. The van der Waals surface area contributed by atoms with Gasteiger partial charge in [-0.25, -0.2) is 4.98 Å². The van der Waals surface area contributed by atoms with Crippen molar-refractivity contribution in [2.24, 2.45) is 5.92 Å². The number of rotatable bonds is 8. The maximum Gasteiger partial charge on any atom is 0.225 e. The van der Waals surface area contributed by atoms with E-state index in [0.29, 0.717) is 23.7 Å². The fourth-order valence-electron chi connectivity index (χ4n) is 4.42. The molecule has 33 heavy (non-hydrogen) atoms. The van der Waals surface area contributed by atoms with E-state index < -0.39 is 0 Å². The summed E-state index contributed by atoms with van der Waals surface area (Å²) in [7, 11) is 5.60. The summed E-state index contributed by atoms with van der Waals surface area (Å²) < 4.78 is 5.10. The molecule has 1 heterocycles. The van der Waals surface area contributed by atoms with Crippen molar-refractivity contribution in [2.45, 2.75) is 45.7 Å². The third-order valence-electron chi connectivity index (χ3n) is 6.19. The van der Waals surface area contributed by atoms with Crippen molar-refractivity contribution in [1.29, 1.82) is 0 Å². The van der Waals surface area contributed by atoms with Gasteiger partial charge in [0.25, 0.3) is 0 Å². The van der Waals surface area contributed by atoms with Gasteiger partial charge in [-0.1, -0.05) is 25.6 Å². The van der Waals surface area contributed by atoms with Crippen LogP contribution in [-0.4, -0.2) is 48.9 Å². The first-order valence-electron chi connectivity index (χ1n) is 11.3. The quantitative estimate of drug-likeness (QED) is 0.453. The Kier molecular flexibility index (Phi) is 8.33. The standard InChI is InChI=1S/C25H33N5O2.CH4/c1-30(2)24-20-6-4-5-7-21(20)28-25(29-24)27-19-11-8-17(9-12-19)15-26-16-18-10-13-23(32-3)22(31)14-18;/h4-7,10,13-14,17,19,26,31H,8-9,11-12,15-16H2,1-3H3,(H,27,28,29);1H4. The summed E-state index contributed by atoms with van der Waals surface area (Å²) in [6.07, 6.45) is 4.58. The second-order valence-electron chi connectivity index (χ2n) is 8.78. The van der Waals surface area contributed by atoms with Crippen molar-refractivity contribution in [2.75, 3.05) is 38.0 Å². The van der Waals surface area contributed by atoms with E-state index in [1.807, 2.05) is 43.3 Å². The first-order chi connectivity index (χ1) is 15.5. The van der Waals surface area contributed by atoms with Crippen molar-refractivity contribution in [3.05, 3.63) is 48.0 Å². The molecule has 0 unspecified atom stereocenters. The summed E-state index contributed by atoms with van der Waals surface area (Å²) in [6, 6.07) is 14.1. The number of hydrogen-bond donors (Lipinski definition) is 3. The Bertz CT molecular complexity index is 1050. The molecule has 3 aromatic rings. The third kappa shape index (κ3) is 6.05. The molecule has 0 atom stereocenters. The molecule has 0 spiro atoms. The lowest BCUT2D eigenvalue weighted by Gasteiger charge is -2.29. The van der Waals surface area contributed by atoms with E-state index in [2.05, 4.69) is 16.7 Å². The number of ether oxygens (including phenoxy) is 1. The largest absolute Gasteiger partial charge is 0.504 e. The number of phenolic OH excluding ortho intramolecular Hbond substituents is 1. The summed E-state index contributed by atoms with van der Waals surface area (Å²) in [5.74, 6) is 3.02. The summed E-state index contributed by atoms with van der Waals surface area (Å²) in [5.41, 5.74) is 2.03. The second kappa shape index (κ2) is 11.2. The highest BCUT2D eigenvalue weighted by Crippen LogP contribution is 2.29. The molecule has 1 aliphatic carbocycles. The highest BCUT2D eigenvalue weighted by Gasteiger charge is 2.22. The highest BCUT2D eigenvalue weighted by molar-refractivity contribution is 5.90. The predicted molar refractivity (Wildman–Crippen MR) is 136 cm³/mol. The van der Waals surface area contributed by atoms with Crippen LogP contribution in [0.5, 0.6) is 11.5 Å². The second-order valence-corrected chi connectivity index (χ2v) is 8.78. The van der Waals surface area contributed by atoms with E-state index in [-0.39, 0.29) is 13.2 Å². The van der Waals surface area contributed by atoms with Gasteiger partial charge in [0.2, 0.25) is 5.95 Å². The van der Waals surface area contributed by atoms with Crippen LogP contribution in [0.4, 0.5) is 11.8 Å². The molecular weight excluding hydrogens is 414 g/mol. The van der Waals surface area contributed by atoms with Gasteiger partial charge in [-0.05, 0) is 68.0 Å². The molecule has 2 aromatic carbocycles. The number of methoxy groups -OCH3 is 1. The molecule has 0 bridgehead atoms. The van der Waals surface area contributed by atoms with Gasteiger partial charge < -0.3 is 25.4 Å². The molecular formula is C26H37N5O2. The van der Waals surface area contributed by atoms with Gasteiger partial charge in [-0.15, -0.1) is 0 Å². The minimum Gasteiger partial charge on any atom is -0.504 e. The lowest BCUT2D eigenvalue weighted by atomic mass is 9.86. The predicted octanol–water partition coefficient (Wildman–Crippen LogP) is 4.81. The Morgan fingerprint density at radius 1 is 1.06 bits per heavy atom. The Balaban J connectivity index is 0.00000306. The summed E-state index contributed by atoms with van der Waals surface area (Å²) in [4.78, 5) is 11.6. The van der Waals surface area contributed by atoms with Crippen molar-refractivity contribution in [3.8, 4) is 11.5 Å². The van der Waals surface area contributed by atoms with Crippen LogP contribution in [0.1, 0.15) is 38.7 Å². The van der Waals surface area contributed by atoms with Crippen LogP contribution in [0.25, 0.3) is 10.9 Å². The van der Waals surface area contributed by atoms with Crippen LogP contribution in [0.2, 0.25) is 0 Å². The molecule has 1 saturated carbocycles. The van der Waals surface area contributed by atoms with Crippen molar-refractivity contribution in [1.82, 2.24) is 15.3 Å². The van der Waals surface area contributed by atoms with E-state index in [4.69, 9.17) is 14.7 Å². The first kappa shape index (κ1) is 24.6. The average molecular weight is 452 g/mol. The minimum absolute atomic E-state index is 0. The molecule has 0 saturated heterocycles. The van der Waals surface area contributed by atoms with Gasteiger partial charge in [0.15, 0.2) is 11.5 Å².